The van der Waals surface area contributed by atoms with Crippen molar-refractivity contribution in [3.8, 4) is 5.75 Å². The van der Waals surface area contributed by atoms with Crippen LogP contribution < -0.4 is 10.1 Å². The molecule has 170 valence electrons. The molecule has 2 atom stereocenters. The highest BCUT2D eigenvalue weighted by Crippen LogP contribution is 2.39. The molecule has 2 aliphatic rings. The molecule has 1 saturated carbocycles. The second-order valence-corrected chi connectivity index (χ2v) is 9.32. The van der Waals surface area contributed by atoms with Gasteiger partial charge in [0.25, 0.3) is 5.91 Å². The van der Waals surface area contributed by atoms with Gasteiger partial charge in [-0.15, -0.1) is 5.10 Å². The summed E-state index contributed by atoms with van der Waals surface area (Å²) in [6.07, 6.45) is 4.15. The van der Waals surface area contributed by atoms with E-state index < -0.39 is 0 Å². The van der Waals surface area contributed by atoms with Crippen LogP contribution in [0.4, 0.5) is 0 Å². The first-order valence-electron chi connectivity index (χ1n) is 11.8. The quantitative estimate of drug-likeness (QED) is 0.567. The topological polar surface area (TPSA) is 67.3 Å². The Morgan fingerprint density at radius 2 is 1.85 bits per heavy atom. The van der Waals surface area contributed by atoms with Crippen molar-refractivity contribution in [2.24, 2.45) is 5.92 Å². The second kappa shape index (κ2) is 9.71. The number of ether oxygens (including phenoxy) is 1. The van der Waals surface area contributed by atoms with Gasteiger partial charge in [0.1, 0.15) is 12.4 Å². The summed E-state index contributed by atoms with van der Waals surface area (Å²) in [6, 6.07) is 20.5. The van der Waals surface area contributed by atoms with Gasteiger partial charge in [0.15, 0.2) is 5.69 Å². The zero-order valence-electron chi connectivity index (χ0n) is 19.0. The number of aromatic nitrogens is 2. The zero-order valence-corrected chi connectivity index (χ0v) is 19.0. The Kier molecular flexibility index (Phi) is 6.35. The van der Waals surface area contributed by atoms with Crippen molar-refractivity contribution >= 4 is 5.91 Å². The zero-order chi connectivity index (χ0) is 22.6. The summed E-state index contributed by atoms with van der Waals surface area (Å²) in [7, 11) is 0. The number of hydrogen-bond donors (Lipinski definition) is 1. The lowest BCUT2D eigenvalue weighted by Gasteiger charge is -2.17. The number of amides is 1. The van der Waals surface area contributed by atoms with Crippen LogP contribution in [0.5, 0.6) is 5.75 Å². The van der Waals surface area contributed by atoms with Gasteiger partial charge >= 0.3 is 0 Å². The summed E-state index contributed by atoms with van der Waals surface area (Å²) in [6.45, 7) is 5.39. The summed E-state index contributed by atoms with van der Waals surface area (Å²) in [5.74, 6) is 1.69. The van der Waals surface area contributed by atoms with Gasteiger partial charge in [0.2, 0.25) is 0 Å². The fourth-order valence-electron chi connectivity index (χ4n) is 4.45. The highest BCUT2D eigenvalue weighted by atomic mass is 16.5. The number of benzene rings is 2. The first-order chi connectivity index (χ1) is 16.1. The van der Waals surface area contributed by atoms with E-state index >= 15 is 0 Å². The molecule has 1 aliphatic heterocycles. The van der Waals surface area contributed by atoms with E-state index in [0.717, 1.165) is 36.5 Å². The van der Waals surface area contributed by atoms with E-state index in [1.807, 2.05) is 36.4 Å². The Hall–Kier alpha value is -3.25. The molecule has 2 heterocycles. The van der Waals surface area contributed by atoms with Gasteiger partial charge in [0.05, 0.1) is 6.20 Å². The van der Waals surface area contributed by atoms with E-state index in [1.165, 1.54) is 18.4 Å². The monoisotopic (exact) mass is 442 g/mol. The van der Waals surface area contributed by atoms with E-state index in [4.69, 9.17) is 4.74 Å². The molecular formula is C27H30N4O2. The molecule has 1 saturated heterocycles. The van der Waals surface area contributed by atoms with Crippen molar-refractivity contribution < 1.29 is 9.53 Å². The number of rotatable bonds is 8. The summed E-state index contributed by atoms with van der Waals surface area (Å²) < 4.78 is 5.89. The maximum atomic E-state index is 12.8. The van der Waals surface area contributed by atoms with Gasteiger partial charge in [-0.3, -0.25) is 9.69 Å². The van der Waals surface area contributed by atoms with Crippen molar-refractivity contribution in [3.63, 3.8) is 0 Å². The van der Waals surface area contributed by atoms with E-state index in [0.29, 0.717) is 24.1 Å². The van der Waals surface area contributed by atoms with Crippen LogP contribution >= 0.6 is 0 Å². The third-order valence-corrected chi connectivity index (χ3v) is 6.54. The lowest BCUT2D eigenvalue weighted by Crippen LogP contribution is -2.40. The van der Waals surface area contributed by atoms with Crippen LogP contribution in [0.2, 0.25) is 0 Å². The molecule has 3 aromatic rings. The Bertz CT molecular complexity index is 1080. The number of carbonyl (C=O) groups excluding carboxylic acids is 1. The predicted molar refractivity (Wildman–Crippen MR) is 127 cm³/mol. The molecule has 1 amide bonds. The number of likely N-dealkylation sites (tertiary alicyclic amines) is 1. The third kappa shape index (κ3) is 5.57. The van der Waals surface area contributed by atoms with Crippen LogP contribution in [0, 0.1) is 5.92 Å². The van der Waals surface area contributed by atoms with Gasteiger partial charge in [-0.2, -0.15) is 5.10 Å². The lowest BCUT2D eigenvalue weighted by molar-refractivity contribution is 0.0925. The van der Waals surface area contributed by atoms with Gasteiger partial charge in [-0.1, -0.05) is 49.4 Å². The summed E-state index contributed by atoms with van der Waals surface area (Å²) in [5.41, 5.74) is 3.96. The molecule has 5 rings (SSSR count). The minimum absolute atomic E-state index is 0.109. The van der Waals surface area contributed by atoms with E-state index in [2.05, 4.69) is 51.6 Å². The molecule has 1 N–H and O–H groups in total. The lowest BCUT2D eigenvalue weighted by atomic mass is 10.1. The highest BCUT2D eigenvalue weighted by molar-refractivity contribution is 5.92. The van der Waals surface area contributed by atoms with Crippen molar-refractivity contribution in [3.05, 3.63) is 89.2 Å². The molecule has 1 aromatic heterocycles. The first kappa shape index (κ1) is 21.6. The molecule has 6 nitrogen and oxygen atoms in total. The Labute approximate surface area is 195 Å². The van der Waals surface area contributed by atoms with Crippen molar-refractivity contribution in [2.45, 2.75) is 44.9 Å². The average molecular weight is 443 g/mol. The van der Waals surface area contributed by atoms with Gasteiger partial charge in [0, 0.05) is 25.7 Å². The second-order valence-electron chi connectivity index (χ2n) is 9.32. The number of hydrogen-bond acceptors (Lipinski definition) is 5. The Balaban J connectivity index is 1.12. The third-order valence-electron chi connectivity index (χ3n) is 6.54. The molecule has 0 spiro atoms. The normalized spacial score (nSPS) is 20.5. The summed E-state index contributed by atoms with van der Waals surface area (Å²) in [4.78, 5) is 15.2. The molecule has 0 radical (unpaired) electrons. The minimum atomic E-state index is -0.122. The molecular weight excluding hydrogens is 412 g/mol. The number of nitrogens with one attached hydrogen (secondary N) is 1. The molecule has 33 heavy (non-hydrogen) atoms. The number of nitrogens with zero attached hydrogens (tertiary/aromatic N) is 3. The molecule has 0 bridgehead atoms. The van der Waals surface area contributed by atoms with E-state index in [-0.39, 0.29) is 11.9 Å². The fraction of sp³-hybridized carbons (Fsp3) is 0.370. The van der Waals surface area contributed by atoms with Gasteiger partial charge < -0.3 is 10.1 Å². The minimum Gasteiger partial charge on any atom is -0.489 e. The van der Waals surface area contributed by atoms with Crippen LogP contribution in [-0.4, -0.2) is 40.1 Å². The SMILES string of the molecule is C[C@@H]1CN(Cc2ccc(OCc3ccccc3)cc2)C[C@H]1NC(=O)c1cc(C2CC2)cnn1. The van der Waals surface area contributed by atoms with E-state index in [9.17, 15) is 4.79 Å². The Morgan fingerprint density at radius 3 is 2.61 bits per heavy atom. The summed E-state index contributed by atoms with van der Waals surface area (Å²) in [5, 5.41) is 11.3. The molecule has 2 aromatic carbocycles. The molecule has 0 unspecified atom stereocenters. The van der Waals surface area contributed by atoms with Crippen molar-refractivity contribution in [1.82, 2.24) is 20.4 Å². The van der Waals surface area contributed by atoms with Crippen LogP contribution in [0.15, 0.2) is 66.9 Å². The number of carbonyl (C=O) groups is 1. The van der Waals surface area contributed by atoms with Crippen LogP contribution in [0.25, 0.3) is 0 Å². The molecule has 2 fully saturated rings. The van der Waals surface area contributed by atoms with Crippen molar-refractivity contribution in [1.29, 1.82) is 0 Å². The van der Waals surface area contributed by atoms with Crippen LogP contribution in [0.1, 0.15) is 52.9 Å². The average Bonchev–Trinajstić information content (AvgIpc) is 3.64. The van der Waals surface area contributed by atoms with Gasteiger partial charge in [-0.05, 0) is 59.6 Å². The van der Waals surface area contributed by atoms with E-state index in [1.54, 1.807) is 6.20 Å². The first-order valence-corrected chi connectivity index (χ1v) is 11.8. The molecule has 6 heteroatoms. The standard InChI is InChI=1S/C27H30N4O2/c1-19-15-31(16-20-7-11-24(12-8-20)33-18-21-5-3-2-4-6-21)17-26(19)29-27(32)25-13-23(14-28-30-25)22-9-10-22/h2-8,11-14,19,22,26H,9-10,15-18H2,1H3,(H,29,32)/t19-,26-/m1/s1. The predicted octanol–water partition coefficient (Wildman–Crippen LogP) is 4.18. The largest absolute Gasteiger partial charge is 0.489 e. The molecule has 1 aliphatic carbocycles. The Morgan fingerprint density at radius 1 is 1.06 bits per heavy atom. The maximum absolute atomic E-state index is 12.8. The van der Waals surface area contributed by atoms with Gasteiger partial charge in [-0.25, -0.2) is 0 Å². The smallest absolute Gasteiger partial charge is 0.272 e. The highest BCUT2D eigenvalue weighted by Gasteiger charge is 2.31. The maximum Gasteiger partial charge on any atom is 0.272 e. The van der Waals surface area contributed by atoms with Crippen LogP contribution in [-0.2, 0) is 13.2 Å². The van der Waals surface area contributed by atoms with Crippen LogP contribution in [0.3, 0.4) is 0 Å². The van der Waals surface area contributed by atoms with Crippen molar-refractivity contribution in [2.75, 3.05) is 13.1 Å². The summed E-state index contributed by atoms with van der Waals surface area (Å²) >= 11 is 0. The fourth-order valence-corrected chi connectivity index (χ4v) is 4.45.